The minimum Gasteiger partial charge on any atom is -0.358 e. The molecule has 0 radical (unpaired) electrons. The maximum absolute atomic E-state index is 4.50. The van der Waals surface area contributed by atoms with Gasteiger partial charge in [-0.05, 0) is 25.7 Å². The van der Waals surface area contributed by atoms with Gasteiger partial charge in [-0.1, -0.05) is 13.8 Å². The Hall–Kier alpha value is -0.640. The lowest BCUT2D eigenvalue weighted by atomic mass is 10.1. The lowest BCUT2D eigenvalue weighted by Crippen LogP contribution is -2.09. The first kappa shape index (κ1) is 9.90. The van der Waals surface area contributed by atoms with E-state index in [2.05, 4.69) is 42.4 Å². The number of rotatable bonds is 3. The third kappa shape index (κ3) is 1.90. The second-order valence-corrected chi connectivity index (χ2v) is 5.75. The van der Waals surface area contributed by atoms with Crippen molar-refractivity contribution in [1.82, 2.24) is 9.36 Å². The second kappa shape index (κ2) is 3.19. The fraction of sp³-hybridized carbons (Fsp3) is 0.800. The maximum Gasteiger partial charge on any atom is 0.202 e. The molecule has 0 aliphatic heterocycles. The molecule has 1 aromatic rings. The summed E-state index contributed by atoms with van der Waals surface area (Å²) >= 11 is 1.47. The Balaban J connectivity index is 2.04. The van der Waals surface area contributed by atoms with Crippen molar-refractivity contribution in [3.05, 3.63) is 5.82 Å². The lowest BCUT2D eigenvalue weighted by molar-refractivity contribution is 0.612. The van der Waals surface area contributed by atoms with Crippen LogP contribution in [0.25, 0.3) is 0 Å². The Bertz CT molecular complexity index is 330. The first-order valence-electron chi connectivity index (χ1n) is 5.09. The zero-order valence-corrected chi connectivity index (χ0v) is 9.98. The number of hydrogen-bond donors (Lipinski definition) is 1. The molecule has 14 heavy (non-hydrogen) atoms. The highest BCUT2D eigenvalue weighted by atomic mass is 32.1. The number of hydrogen-bond acceptors (Lipinski definition) is 4. The molecule has 1 aromatic heterocycles. The topological polar surface area (TPSA) is 37.8 Å². The van der Waals surface area contributed by atoms with Crippen molar-refractivity contribution in [2.24, 2.45) is 5.41 Å². The van der Waals surface area contributed by atoms with Gasteiger partial charge in [-0.2, -0.15) is 4.37 Å². The van der Waals surface area contributed by atoms with E-state index in [9.17, 15) is 0 Å². The summed E-state index contributed by atoms with van der Waals surface area (Å²) in [6, 6.07) is 0.433. The van der Waals surface area contributed by atoms with E-state index < -0.39 is 0 Å². The van der Waals surface area contributed by atoms with Crippen LogP contribution in [0, 0.1) is 5.41 Å². The van der Waals surface area contributed by atoms with Gasteiger partial charge in [0.25, 0.3) is 0 Å². The van der Waals surface area contributed by atoms with Gasteiger partial charge >= 0.3 is 0 Å². The van der Waals surface area contributed by atoms with E-state index in [-0.39, 0.29) is 0 Å². The monoisotopic (exact) mass is 211 g/mol. The zero-order chi connectivity index (χ0) is 10.3. The van der Waals surface area contributed by atoms with Crippen LogP contribution in [-0.4, -0.2) is 15.4 Å². The molecule has 0 amide bonds. The molecule has 0 spiro atoms. The summed E-state index contributed by atoms with van der Waals surface area (Å²) in [4.78, 5) is 4.50. The molecule has 1 aliphatic carbocycles. The first-order chi connectivity index (χ1) is 6.49. The summed E-state index contributed by atoms with van der Waals surface area (Å²) in [5.74, 6) is 1.62. The average molecular weight is 211 g/mol. The first-order valence-corrected chi connectivity index (χ1v) is 5.86. The molecule has 4 heteroatoms. The number of nitrogens with zero attached hydrogens (tertiary/aromatic N) is 2. The van der Waals surface area contributed by atoms with Crippen molar-refractivity contribution in [3.63, 3.8) is 0 Å². The fourth-order valence-electron chi connectivity index (χ4n) is 1.59. The fourth-order valence-corrected chi connectivity index (χ4v) is 2.36. The molecule has 1 unspecified atom stereocenters. The summed E-state index contributed by atoms with van der Waals surface area (Å²) < 4.78 is 4.39. The number of aromatic nitrogens is 2. The van der Waals surface area contributed by atoms with Gasteiger partial charge in [0, 0.05) is 23.5 Å². The Labute approximate surface area is 89.1 Å². The van der Waals surface area contributed by atoms with Gasteiger partial charge in [-0.25, -0.2) is 4.98 Å². The van der Waals surface area contributed by atoms with E-state index in [1.165, 1.54) is 18.0 Å². The van der Waals surface area contributed by atoms with Crippen molar-refractivity contribution in [3.8, 4) is 0 Å². The highest BCUT2D eigenvalue weighted by molar-refractivity contribution is 7.09. The van der Waals surface area contributed by atoms with E-state index in [1.807, 2.05) is 0 Å². The molecule has 1 atom stereocenters. The van der Waals surface area contributed by atoms with E-state index in [4.69, 9.17) is 0 Å². The normalized spacial score (nSPS) is 23.9. The SMILES string of the molecule is CC(C)Nc1nc(C2CC2(C)C)ns1. The van der Waals surface area contributed by atoms with E-state index in [1.54, 1.807) is 0 Å². The molecule has 0 saturated heterocycles. The molecule has 1 N–H and O–H groups in total. The molecule has 1 aliphatic rings. The summed E-state index contributed by atoms with van der Waals surface area (Å²) in [5, 5.41) is 4.24. The molecule has 0 aromatic carbocycles. The Kier molecular flexibility index (Phi) is 2.26. The van der Waals surface area contributed by atoms with E-state index >= 15 is 0 Å². The van der Waals surface area contributed by atoms with Gasteiger partial charge in [0.2, 0.25) is 5.13 Å². The maximum atomic E-state index is 4.50. The van der Waals surface area contributed by atoms with Crippen LogP contribution in [0.15, 0.2) is 0 Å². The van der Waals surface area contributed by atoms with Gasteiger partial charge < -0.3 is 5.32 Å². The predicted molar refractivity (Wildman–Crippen MR) is 59.8 cm³/mol. The molecule has 0 bridgehead atoms. The van der Waals surface area contributed by atoms with E-state index in [0.29, 0.717) is 17.4 Å². The predicted octanol–water partition coefficient (Wildman–Crippen LogP) is 2.87. The third-order valence-electron chi connectivity index (χ3n) is 2.68. The highest BCUT2D eigenvalue weighted by Crippen LogP contribution is 2.57. The van der Waals surface area contributed by atoms with Crippen LogP contribution in [0.2, 0.25) is 0 Å². The van der Waals surface area contributed by atoms with Crippen molar-refractivity contribution in [2.45, 2.75) is 46.1 Å². The quantitative estimate of drug-likeness (QED) is 0.835. The molecule has 78 valence electrons. The molecule has 1 heterocycles. The van der Waals surface area contributed by atoms with Crippen LogP contribution in [0.5, 0.6) is 0 Å². The van der Waals surface area contributed by atoms with Gasteiger partial charge in [0.1, 0.15) is 5.82 Å². The summed E-state index contributed by atoms with van der Waals surface area (Å²) in [6.07, 6.45) is 1.23. The van der Waals surface area contributed by atoms with Gasteiger partial charge in [0.15, 0.2) is 0 Å². The third-order valence-corrected chi connectivity index (χ3v) is 3.34. The van der Waals surface area contributed by atoms with Crippen LogP contribution >= 0.6 is 11.5 Å². The molecule has 1 saturated carbocycles. The van der Waals surface area contributed by atoms with Crippen molar-refractivity contribution in [1.29, 1.82) is 0 Å². The van der Waals surface area contributed by atoms with E-state index in [0.717, 1.165) is 11.0 Å². The lowest BCUT2D eigenvalue weighted by Gasteiger charge is -2.03. The Morgan fingerprint density at radius 2 is 2.14 bits per heavy atom. The summed E-state index contributed by atoms with van der Waals surface area (Å²) in [7, 11) is 0. The van der Waals surface area contributed by atoms with Crippen LogP contribution in [0.4, 0.5) is 5.13 Å². The van der Waals surface area contributed by atoms with Crippen LogP contribution < -0.4 is 5.32 Å². The number of anilines is 1. The van der Waals surface area contributed by atoms with Crippen molar-refractivity contribution < 1.29 is 0 Å². The molecular formula is C10H17N3S. The number of nitrogens with one attached hydrogen (secondary N) is 1. The van der Waals surface area contributed by atoms with Crippen LogP contribution in [-0.2, 0) is 0 Å². The molecule has 3 nitrogen and oxygen atoms in total. The minimum atomic E-state index is 0.427. The molecule has 2 rings (SSSR count). The highest BCUT2D eigenvalue weighted by Gasteiger charge is 2.49. The second-order valence-electron chi connectivity index (χ2n) is 5.00. The largest absolute Gasteiger partial charge is 0.358 e. The zero-order valence-electron chi connectivity index (χ0n) is 9.16. The van der Waals surface area contributed by atoms with Gasteiger partial charge in [-0.3, -0.25) is 0 Å². The summed E-state index contributed by atoms with van der Waals surface area (Å²) in [5.41, 5.74) is 0.427. The van der Waals surface area contributed by atoms with Crippen LogP contribution in [0.1, 0.15) is 45.9 Å². The molecular weight excluding hydrogens is 194 g/mol. The Morgan fingerprint density at radius 1 is 1.50 bits per heavy atom. The standard InChI is InChI=1S/C10H17N3S/c1-6(2)11-9-12-8(13-14-9)7-5-10(7,3)4/h6-7H,5H2,1-4H3,(H,11,12,13). The van der Waals surface area contributed by atoms with Gasteiger partial charge in [-0.15, -0.1) is 0 Å². The van der Waals surface area contributed by atoms with Crippen molar-refractivity contribution in [2.75, 3.05) is 5.32 Å². The van der Waals surface area contributed by atoms with Crippen molar-refractivity contribution >= 4 is 16.7 Å². The van der Waals surface area contributed by atoms with Gasteiger partial charge in [0.05, 0.1) is 0 Å². The van der Waals surface area contributed by atoms with Crippen LogP contribution in [0.3, 0.4) is 0 Å². The minimum absolute atomic E-state index is 0.427. The smallest absolute Gasteiger partial charge is 0.202 e. The Morgan fingerprint density at radius 3 is 2.64 bits per heavy atom. The molecule has 1 fully saturated rings. The average Bonchev–Trinajstić information content (AvgIpc) is 2.52. The summed E-state index contributed by atoms with van der Waals surface area (Å²) in [6.45, 7) is 8.77.